The molecule has 0 spiro atoms. The lowest BCUT2D eigenvalue weighted by Crippen LogP contribution is -2.33. The van der Waals surface area contributed by atoms with Crippen LogP contribution in [-0.4, -0.2) is 37.4 Å². The molecule has 2 bridgehead atoms. The molecule has 6 rings (SSSR count). The number of anilines is 2. The Morgan fingerprint density at radius 1 is 0.872 bits per heavy atom. The highest BCUT2D eigenvalue weighted by Gasteiger charge is 2.64. The normalized spacial score (nSPS) is 24.9. The van der Waals surface area contributed by atoms with Crippen LogP contribution in [0.15, 0.2) is 78.9 Å². The molecule has 8 nitrogen and oxygen atoms in total. The molecule has 0 radical (unpaired) electrons. The fourth-order valence-corrected chi connectivity index (χ4v) is 6.63. The first-order chi connectivity index (χ1) is 18.9. The van der Waals surface area contributed by atoms with Gasteiger partial charge in [-0.1, -0.05) is 30.3 Å². The van der Waals surface area contributed by atoms with Crippen LogP contribution in [0.25, 0.3) is 0 Å². The smallest absolute Gasteiger partial charge is 0.338 e. The molecule has 1 N–H and O–H groups in total. The number of amides is 3. The summed E-state index contributed by atoms with van der Waals surface area (Å²) >= 11 is 0. The molecule has 3 amide bonds. The van der Waals surface area contributed by atoms with Crippen LogP contribution in [-0.2, 0) is 19.1 Å². The number of carbonyl (C=O) groups excluding carboxylic acids is 4. The molecular weight excluding hydrogens is 496 g/mol. The van der Waals surface area contributed by atoms with Crippen LogP contribution in [0.5, 0.6) is 5.75 Å². The van der Waals surface area contributed by atoms with E-state index in [1.54, 1.807) is 43.5 Å². The zero-order valence-electron chi connectivity index (χ0n) is 21.4. The molecule has 3 aromatic carbocycles. The SMILES string of the molecule is COc1ccc(NC(=O)COC(=O)c2ccc(N3C(=O)[C@@H]4[C@@H]5C[C@@H]([C@H]4C3=O)[C@@H](c3ccccc3)C5)cc2)cc1. The zero-order valence-corrected chi connectivity index (χ0v) is 21.4. The van der Waals surface area contributed by atoms with E-state index in [0.29, 0.717) is 23.0 Å². The van der Waals surface area contributed by atoms with Gasteiger partial charge >= 0.3 is 5.97 Å². The molecule has 2 saturated carbocycles. The van der Waals surface area contributed by atoms with Crippen molar-refractivity contribution in [3.63, 3.8) is 0 Å². The number of carbonyl (C=O) groups is 4. The van der Waals surface area contributed by atoms with Crippen molar-refractivity contribution < 1.29 is 28.7 Å². The Balaban J connectivity index is 1.08. The lowest BCUT2D eigenvalue weighted by atomic mass is 9.73. The van der Waals surface area contributed by atoms with Crippen molar-refractivity contribution in [1.29, 1.82) is 0 Å². The predicted molar refractivity (Wildman–Crippen MR) is 143 cm³/mol. The van der Waals surface area contributed by atoms with Gasteiger partial charge < -0.3 is 14.8 Å². The molecule has 1 saturated heterocycles. The van der Waals surface area contributed by atoms with E-state index in [1.807, 2.05) is 18.2 Å². The van der Waals surface area contributed by atoms with Crippen molar-refractivity contribution >= 4 is 35.1 Å². The average Bonchev–Trinajstić information content (AvgIpc) is 3.64. The van der Waals surface area contributed by atoms with E-state index in [-0.39, 0.29) is 41.0 Å². The Labute approximate surface area is 225 Å². The van der Waals surface area contributed by atoms with Gasteiger partial charge in [0.2, 0.25) is 11.8 Å². The summed E-state index contributed by atoms with van der Waals surface area (Å²) in [6, 6.07) is 23.2. The second-order valence-electron chi connectivity index (χ2n) is 10.4. The number of hydrogen-bond donors (Lipinski definition) is 1. The molecule has 8 heteroatoms. The zero-order chi connectivity index (χ0) is 27.1. The van der Waals surface area contributed by atoms with E-state index in [4.69, 9.17) is 9.47 Å². The van der Waals surface area contributed by atoms with Gasteiger partial charge in [0.15, 0.2) is 6.61 Å². The Morgan fingerprint density at radius 3 is 2.26 bits per heavy atom. The lowest BCUT2D eigenvalue weighted by molar-refractivity contribution is -0.123. The first-order valence-electron chi connectivity index (χ1n) is 13.1. The molecule has 1 heterocycles. The molecule has 3 aromatic rings. The molecule has 0 unspecified atom stereocenters. The highest BCUT2D eigenvalue weighted by Crippen LogP contribution is 2.61. The Morgan fingerprint density at radius 2 is 1.56 bits per heavy atom. The monoisotopic (exact) mass is 524 g/mol. The van der Waals surface area contributed by atoms with Gasteiger partial charge in [-0.2, -0.15) is 0 Å². The minimum absolute atomic E-state index is 0.144. The van der Waals surface area contributed by atoms with E-state index in [0.717, 1.165) is 12.8 Å². The fraction of sp³-hybridized carbons (Fsp3) is 0.290. The van der Waals surface area contributed by atoms with Crippen LogP contribution in [0.4, 0.5) is 11.4 Å². The maximum absolute atomic E-state index is 13.5. The average molecular weight is 525 g/mol. The van der Waals surface area contributed by atoms with Gasteiger partial charge in [-0.15, -0.1) is 0 Å². The van der Waals surface area contributed by atoms with Crippen LogP contribution in [0, 0.1) is 23.7 Å². The molecule has 39 heavy (non-hydrogen) atoms. The van der Waals surface area contributed by atoms with Gasteiger partial charge in [-0.05, 0) is 84.7 Å². The topological polar surface area (TPSA) is 102 Å². The molecule has 1 aliphatic heterocycles. The van der Waals surface area contributed by atoms with Crippen molar-refractivity contribution in [2.45, 2.75) is 18.8 Å². The predicted octanol–water partition coefficient (Wildman–Crippen LogP) is 4.42. The maximum Gasteiger partial charge on any atom is 0.338 e. The van der Waals surface area contributed by atoms with Crippen molar-refractivity contribution in [3.8, 4) is 5.75 Å². The number of nitrogens with one attached hydrogen (secondary N) is 1. The second-order valence-corrected chi connectivity index (χ2v) is 10.4. The van der Waals surface area contributed by atoms with E-state index in [1.165, 1.54) is 22.6 Å². The molecule has 0 aromatic heterocycles. The largest absolute Gasteiger partial charge is 0.497 e. The van der Waals surface area contributed by atoms with Gasteiger partial charge in [0.25, 0.3) is 5.91 Å². The highest BCUT2D eigenvalue weighted by molar-refractivity contribution is 6.22. The third-order valence-corrected chi connectivity index (χ3v) is 8.31. The number of hydrogen-bond acceptors (Lipinski definition) is 6. The molecule has 5 atom stereocenters. The van der Waals surface area contributed by atoms with Crippen molar-refractivity contribution in [1.82, 2.24) is 0 Å². The Hall–Kier alpha value is -4.46. The van der Waals surface area contributed by atoms with Crippen molar-refractivity contribution in [2.24, 2.45) is 23.7 Å². The van der Waals surface area contributed by atoms with Crippen molar-refractivity contribution in [2.75, 3.05) is 23.9 Å². The molecule has 3 fully saturated rings. The van der Waals surface area contributed by atoms with Gasteiger partial charge in [0.1, 0.15) is 5.75 Å². The summed E-state index contributed by atoms with van der Waals surface area (Å²) in [5, 5.41) is 2.65. The minimum Gasteiger partial charge on any atom is -0.497 e. The van der Waals surface area contributed by atoms with Crippen LogP contribution in [0.2, 0.25) is 0 Å². The summed E-state index contributed by atoms with van der Waals surface area (Å²) < 4.78 is 10.2. The Kier molecular flexibility index (Phi) is 6.38. The first-order valence-corrected chi connectivity index (χ1v) is 13.1. The van der Waals surface area contributed by atoms with Gasteiger partial charge in [0, 0.05) is 5.69 Å². The minimum atomic E-state index is -0.675. The summed E-state index contributed by atoms with van der Waals surface area (Å²) in [4.78, 5) is 52.8. The number of benzene rings is 3. The number of imide groups is 1. The van der Waals surface area contributed by atoms with Gasteiger partial charge in [-0.3, -0.25) is 19.3 Å². The number of ether oxygens (including phenoxy) is 2. The van der Waals surface area contributed by atoms with E-state index >= 15 is 0 Å². The van der Waals surface area contributed by atoms with Crippen molar-refractivity contribution in [3.05, 3.63) is 90.0 Å². The Bertz CT molecular complexity index is 1420. The van der Waals surface area contributed by atoms with Crippen LogP contribution < -0.4 is 15.0 Å². The summed E-state index contributed by atoms with van der Waals surface area (Å²) in [6.45, 7) is -0.454. The number of fused-ring (bicyclic) bond motifs is 5. The first kappa shape index (κ1) is 24.9. The number of nitrogens with zero attached hydrogens (tertiary/aromatic N) is 1. The third-order valence-electron chi connectivity index (χ3n) is 8.31. The van der Waals surface area contributed by atoms with E-state index < -0.39 is 18.5 Å². The van der Waals surface area contributed by atoms with Gasteiger partial charge in [-0.25, -0.2) is 4.79 Å². The van der Waals surface area contributed by atoms with E-state index in [9.17, 15) is 19.2 Å². The molecule has 2 aliphatic carbocycles. The fourth-order valence-electron chi connectivity index (χ4n) is 6.63. The molecular formula is C31H28N2O6. The third kappa shape index (κ3) is 4.46. The lowest BCUT2D eigenvalue weighted by Gasteiger charge is -2.28. The highest BCUT2D eigenvalue weighted by atomic mass is 16.5. The molecule has 198 valence electrons. The van der Waals surface area contributed by atoms with E-state index in [2.05, 4.69) is 17.4 Å². The van der Waals surface area contributed by atoms with Crippen LogP contribution in [0.1, 0.15) is 34.7 Å². The van der Waals surface area contributed by atoms with Gasteiger partial charge in [0.05, 0.1) is 30.2 Å². The number of rotatable bonds is 7. The standard InChI is InChI=1S/C31H28N2O6/c1-38-23-13-9-21(10-14-23)32-26(34)17-39-31(37)19-7-11-22(12-8-19)33-29(35)27-20-15-24(18-5-3-2-4-6-18)25(16-20)28(27)30(33)36/h2-14,20,24-25,27-28H,15-17H2,1H3,(H,32,34)/t20-,24+,25+,27+,28+/m0/s1. The summed E-state index contributed by atoms with van der Waals surface area (Å²) in [5.74, 6) is -0.670. The number of methoxy groups -OCH3 is 1. The summed E-state index contributed by atoms with van der Waals surface area (Å²) in [5.41, 5.74) is 2.46. The number of esters is 1. The summed E-state index contributed by atoms with van der Waals surface area (Å²) in [6.07, 6.45) is 1.84. The second kappa shape index (κ2) is 10.0. The quantitative estimate of drug-likeness (QED) is 0.363. The van der Waals surface area contributed by atoms with Crippen LogP contribution >= 0.6 is 0 Å². The molecule has 3 aliphatic rings. The maximum atomic E-state index is 13.5. The van der Waals surface area contributed by atoms with Crippen LogP contribution in [0.3, 0.4) is 0 Å². The summed E-state index contributed by atoms with van der Waals surface area (Å²) in [7, 11) is 1.55.